The molecule has 2 rings (SSSR count). The Bertz CT molecular complexity index is 494. The fourth-order valence-corrected chi connectivity index (χ4v) is 3.14. The number of rotatable bonds is 2. The molecular weight excluding hydrogens is 222 g/mol. The lowest BCUT2D eigenvalue weighted by Crippen LogP contribution is -2.34. The lowest BCUT2D eigenvalue weighted by molar-refractivity contribution is 0.592. The molecule has 0 amide bonds. The average Bonchev–Trinajstić information content (AvgIpc) is 2.26. The van der Waals surface area contributed by atoms with Crippen molar-refractivity contribution in [2.24, 2.45) is 0 Å². The van der Waals surface area contributed by atoms with Gasteiger partial charge in [-0.3, -0.25) is 4.31 Å². The van der Waals surface area contributed by atoms with Gasteiger partial charge in [-0.05, 0) is 36.5 Å². The van der Waals surface area contributed by atoms with Crippen molar-refractivity contribution in [3.63, 3.8) is 0 Å². The van der Waals surface area contributed by atoms with Crippen molar-refractivity contribution in [1.29, 1.82) is 0 Å². The zero-order chi connectivity index (χ0) is 11.8. The number of hydrogen-bond acceptors (Lipinski definition) is 2. The molecule has 3 nitrogen and oxygen atoms in total. The fourth-order valence-electron chi connectivity index (χ4n) is 2.15. The van der Waals surface area contributed by atoms with Crippen molar-refractivity contribution in [3.05, 3.63) is 29.3 Å². The first-order valence-corrected chi connectivity index (χ1v) is 7.46. The molecule has 1 aliphatic heterocycles. The number of benzene rings is 1. The molecule has 0 aromatic heterocycles. The third kappa shape index (κ3) is 2.07. The van der Waals surface area contributed by atoms with Crippen LogP contribution in [0.4, 0.5) is 5.69 Å². The van der Waals surface area contributed by atoms with E-state index < -0.39 is 10.0 Å². The van der Waals surface area contributed by atoms with E-state index in [-0.39, 0.29) is 0 Å². The highest BCUT2D eigenvalue weighted by Crippen LogP contribution is 2.30. The Morgan fingerprint density at radius 3 is 2.75 bits per heavy atom. The molecule has 1 heterocycles. The van der Waals surface area contributed by atoms with E-state index in [9.17, 15) is 8.42 Å². The maximum absolute atomic E-state index is 11.7. The minimum Gasteiger partial charge on any atom is -0.270 e. The second-order valence-corrected chi connectivity index (χ2v) is 6.16. The quantitative estimate of drug-likeness (QED) is 0.791. The highest BCUT2D eigenvalue weighted by Gasteiger charge is 2.23. The van der Waals surface area contributed by atoms with Gasteiger partial charge in [-0.2, -0.15) is 0 Å². The normalized spacial score (nSPS) is 16.0. The Balaban J connectivity index is 2.52. The Morgan fingerprint density at radius 1 is 1.38 bits per heavy atom. The van der Waals surface area contributed by atoms with Crippen LogP contribution in [0.15, 0.2) is 18.2 Å². The van der Waals surface area contributed by atoms with Gasteiger partial charge in [-0.1, -0.05) is 19.1 Å². The van der Waals surface area contributed by atoms with E-state index in [4.69, 9.17) is 0 Å². The van der Waals surface area contributed by atoms with Crippen molar-refractivity contribution in [3.8, 4) is 0 Å². The molecule has 1 aromatic rings. The smallest absolute Gasteiger partial charge is 0.232 e. The number of hydrogen-bond donors (Lipinski definition) is 0. The molecule has 88 valence electrons. The van der Waals surface area contributed by atoms with E-state index >= 15 is 0 Å². The minimum absolute atomic E-state index is 0.610. The lowest BCUT2D eigenvalue weighted by Gasteiger charge is -2.29. The number of anilines is 1. The summed E-state index contributed by atoms with van der Waals surface area (Å²) in [5.41, 5.74) is 3.22. The summed E-state index contributed by atoms with van der Waals surface area (Å²) in [6.45, 7) is 2.69. The van der Waals surface area contributed by atoms with Crippen LogP contribution in [-0.2, 0) is 22.9 Å². The highest BCUT2D eigenvalue weighted by molar-refractivity contribution is 7.92. The van der Waals surface area contributed by atoms with E-state index in [0.717, 1.165) is 30.5 Å². The Hall–Kier alpha value is -1.03. The summed E-state index contributed by atoms with van der Waals surface area (Å²) in [5, 5.41) is 0. The Labute approximate surface area is 97.1 Å². The van der Waals surface area contributed by atoms with E-state index in [0.29, 0.717) is 6.54 Å². The second-order valence-electron chi connectivity index (χ2n) is 4.26. The summed E-state index contributed by atoms with van der Waals surface area (Å²) >= 11 is 0. The van der Waals surface area contributed by atoms with Crippen LogP contribution in [-0.4, -0.2) is 21.2 Å². The second kappa shape index (κ2) is 4.09. The van der Waals surface area contributed by atoms with E-state index in [1.807, 2.05) is 6.07 Å². The molecule has 0 spiro atoms. The molecule has 0 fully saturated rings. The molecule has 0 aliphatic carbocycles. The molecule has 0 unspecified atom stereocenters. The molecule has 0 bridgehead atoms. The van der Waals surface area contributed by atoms with Gasteiger partial charge in [0, 0.05) is 6.54 Å². The third-order valence-corrected chi connectivity index (χ3v) is 4.21. The molecule has 16 heavy (non-hydrogen) atoms. The monoisotopic (exact) mass is 239 g/mol. The number of aryl methyl sites for hydroxylation is 2. The van der Waals surface area contributed by atoms with Gasteiger partial charge >= 0.3 is 0 Å². The summed E-state index contributed by atoms with van der Waals surface area (Å²) in [7, 11) is -3.13. The van der Waals surface area contributed by atoms with Gasteiger partial charge in [0.15, 0.2) is 0 Å². The van der Waals surface area contributed by atoms with Crippen molar-refractivity contribution >= 4 is 15.7 Å². The van der Waals surface area contributed by atoms with Crippen LogP contribution in [0, 0.1) is 0 Å². The summed E-state index contributed by atoms with van der Waals surface area (Å²) in [6, 6.07) is 6.16. The van der Waals surface area contributed by atoms with Crippen molar-refractivity contribution in [2.45, 2.75) is 26.2 Å². The van der Waals surface area contributed by atoms with Gasteiger partial charge in [0.1, 0.15) is 0 Å². The highest BCUT2D eigenvalue weighted by atomic mass is 32.2. The van der Waals surface area contributed by atoms with E-state index in [1.54, 1.807) is 0 Å². The van der Waals surface area contributed by atoms with Crippen LogP contribution < -0.4 is 4.31 Å². The van der Waals surface area contributed by atoms with E-state index in [1.165, 1.54) is 16.1 Å². The number of nitrogens with zero attached hydrogens (tertiary/aromatic N) is 1. The summed E-state index contributed by atoms with van der Waals surface area (Å²) < 4.78 is 24.9. The van der Waals surface area contributed by atoms with Crippen LogP contribution >= 0.6 is 0 Å². The number of sulfonamides is 1. The van der Waals surface area contributed by atoms with Crippen LogP contribution in [0.2, 0.25) is 0 Å². The molecule has 0 saturated heterocycles. The van der Waals surface area contributed by atoms with Crippen molar-refractivity contribution in [1.82, 2.24) is 0 Å². The topological polar surface area (TPSA) is 37.4 Å². The maximum Gasteiger partial charge on any atom is 0.232 e. The molecular formula is C12H17NO2S. The van der Waals surface area contributed by atoms with Crippen LogP contribution in [0.3, 0.4) is 0 Å². The van der Waals surface area contributed by atoms with Gasteiger partial charge < -0.3 is 0 Å². The predicted octanol–water partition coefficient (Wildman–Crippen LogP) is 1.96. The summed E-state index contributed by atoms with van der Waals surface area (Å²) in [5.74, 6) is 0. The summed E-state index contributed by atoms with van der Waals surface area (Å²) in [6.07, 6.45) is 4.10. The molecule has 4 heteroatoms. The molecule has 0 N–H and O–H groups in total. The lowest BCUT2D eigenvalue weighted by atomic mass is 10.0. The third-order valence-electron chi connectivity index (χ3n) is 3.03. The molecule has 1 aromatic carbocycles. The SMILES string of the molecule is CCc1ccc2c(c1)N(S(C)(=O)=O)CCC2. The average molecular weight is 239 g/mol. The maximum atomic E-state index is 11.7. The Morgan fingerprint density at radius 2 is 2.12 bits per heavy atom. The first-order chi connectivity index (χ1) is 7.52. The zero-order valence-corrected chi connectivity index (χ0v) is 10.5. The predicted molar refractivity (Wildman–Crippen MR) is 66.3 cm³/mol. The van der Waals surface area contributed by atoms with Gasteiger partial charge in [0.25, 0.3) is 0 Å². The van der Waals surface area contributed by atoms with Crippen LogP contribution in [0.1, 0.15) is 24.5 Å². The molecule has 0 atom stereocenters. The van der Waals surface area contributed by atoms with Crippen molar-refractivity contribution in [2.75, 3.05) is 17.1 Å². The molecule has 0 radical (unpaired) electrons. The molecule has 0 saturated carbocycles. The first-order valence-electron chi connectivity index (χ1n) is 5.62. The number of fused-ring (bicyclic) bond motifs is 1. The zero-order valence-electron chi connectivity index (χ0n) is 9.73. The standard InChI is InChI=1S/C12H17NO2S/c1-3-10-6-7-11-5-4-8-13(12(11)9-10)16(2,14)15/h6-7,9H,3-5,8H2,1-2H3. The van der Waals surface area contributed by atoms with Gasteiger partial charge in [0.2, 0.25) is 10.0 Å². The van der Waals surface area contributed by atoms with Crippen LogP contribution in [0.25, 0.3) is 0 Å². The van der Waals surface area contributed by atoms with Crippen molar-refractivity contribution < 1.29 is 8.42 Å². The fraction of sp³-hybridized carbons (Fsp3) is 0.500. The summed E-state index contributed by atoms with van der Waals surface area (Å²) in [4.78, 5) is 0. The van der Waals surface area contributed by atoms with E-state index in [2.05, 4.69) is 19.1 Å². The van der Waals surface area contributed by atoms with Gasteiger partial charge in [-0.25, -0.2) is 8.42 Å². The van der Waals surface area contributed by atoms with Crippen LogP contribution in [0.5, 0.6) is 0 Å². The first kappa shape index (κ1) is 11.5. The Kier molecular flexibility index (Phi) is 2.93. The van der Waals surface area contributed by atoms with Gasteiger partial charge in [-0.15, -0.1) is 0 Å². The largest absolute Gasteiger partial charge is 0.270 e. The van der Waals surface area contributed by atoms with Gasteiger partial charge in [0.05, 0.1) is 11.9 Å². The molecule has 1 aliphatic rings. The minimum atomic E-state index is -3.13.